The predicted molar refractivity (Wildman–Crippen MR) is 76.2 cm³/mol. The zero-order valence-corrected chi connectivity index (χ0v) is 12.5. The Labute approximate surface area is 117 Å². The van der Waals surface area contributed by atoms with Gasteiger partial charge in [-0.15, -0.1) is 0 Å². The number of ether oxygens (including phenoxy) is 1. The molecule has 0 amide bonds. The number of aliphatic hydroxyl groups is 1. The summed E-state index contributed by atoms with van der Waals surface area (Å²) >= 11 is 3.55. The summed E-state index contributed by atoms with van der Waals surface area (Å²) in [6.45, 7) is 0.541. The Kier molecular flexibility index (Phi) is 4.65. The van der Waals surface area contributed by atoms with Crippen LogP contribution in [-0.2, 0) is 12.8 Å². The van der Waals surface area contributed by atoms with E-state index >= 15 is 0 Å². The summed E-state index contributed by atoms with van der Waals surface area (Å²) in [5.41, 5.74) is 3.58. The lowest BCUT2D eigenvalue weighted by atomic mass is 9.86. The number of fused-ring (bicyclic) bond motifs is 1. The molecule has 3 nitrogen and oxygen atoms in total. The van der Waals surface area contributed by atoms with E-state index in [-0.39, 0.29) is 0 Å². The summed E-state index contributed by atoms with van der Waals surface area (Å²) in [6, 6.07) is 2.14. The highest BCUT2D eigenvalue weighted by atomic mass is 79.9. The lowest BCUT2D eigenvalue weighted by molar-refractivity contribution is 0.171. The largest absolute Gasteiger partial charge is 0.495 e. The molecule has 0 spiro atoms. The fourth-order valence-electron chi connectivity index (χ4n) is 2.74. The van der Waals surface area contributed by atoms with Crippen molar-refractivity contribution < 1.29 is 9.84 Å². The molecule has 2 rings (SSSR count). The van der Waals surface area contributed by atoms with E-state index in [4.69, 9.17) is 4.74 Å². The van der Waals surface area contributed by atoms with Gasteiger partial charge in [-0.3, -0.25) is 0 Å². The molecule has 1 atom stereocenters. The fraction of sp³-hybridized carbons (Fsp3) is 0.571. The molecule has 0 aromatic heterocycles. The maximum absolute atomic E-state index is 10.3. The average molecular weight is 314 g/mol. The van der Waals surface area contributed by atoms with E-state index in [0.717, 1.165) is 28.6 Å². The first kappa shape index (κ1) is 13.8. The molecule has 100 valence electrons. The van der Waals surface area contributed by atoms with Crippen molar-refractivity contribution in [2.24, 2.45) is 0 Å². The summed E-state index contributed by atoms with van der Waals surface area (Å²) in [7, 11) is 3.50. The number of aryl methyl sites for hydroxylation is 1. The lowest BCUT2D eigenvalue weighted by Gasteiger charge is -2.25. The highest BCUT2D eigenvalue weighted by Crippen LogP contribution is 2.40. The molecule has 1 unspecified atom stereocenters. The second-order valence-electron chi connectivity index (χ2n) is 4.72. The minimum Gasteiger partial charge on any atom is -0.495 e. The van der Waals surface area contributed by atoms with Crippen molar-refractivity contribution in [1.82, 2.24) is 5.32 Å². The van der Waals surface area contributed by atoms with Gasteiger partial charge in [-0.1, -0.05) is 0 Å². The third-order valence-corrected chi connectivity index (χ3v) is 4.12. The maximum Gasteiger partial charge on any atom is 0.139 e. The Balaban J connectivity index is 2.54. The number of nitrogens with one attached hydrogen (secondary N) is 1. The van der Waals surface area contributed by atoms with Crippen LogP contribution in [0.1, 0.15) is 35.6 Å². The third-order valence-electron chi connectivity index (χ3n) is 3.53. The fourth-order valence-corrected chi connectivity index (χ4v) is 3.39. The van der Waals surface area contributed by atoms with E-state index in [2.05, 4.69) is 27.3 Å². The second-order valence-corrected chi connectivity index (χ2v) is 5.58. The number of hydrogen-bond acceptors (Lipinski definition) is 3. The molecule has 1 aromatic carbocycles. The monoisotopic (exact) mass is 313 g/mol. The molecular formula is C14H20BrNO2. The van der Waals surface area contributed by atoms with E-state index in [0.29, 0.717) is 6.54 Å². The molecule has 1 aliphatic rings. The number of halogens is 1. The highest BCUT2D eigenvalue weighted by Gasteiger charge is 2.24. The second kappa shape index (κ2) is 6.04. The summed E-state index contributed by atoms with van der Waals surface area (Å²) in [5.74, 6) is 0.776. The van der Waals surface area contributed by atoms with Gasteiger partial charge in [0.15, 0.2) is 0 Å². The van der Waals surface area contributed by atoms with Crippen LogP contribution in [-0.4, -0.2) is 25.8 Å². The SMILES string of the molecule is CNCC(O)c1c2c(cc(Br)c1OC)CCCC2. The molecule has 0 aliphatic heterocycles. The average Bonchev–Trinajstić information content (AvgIpc) is 2.37. The van der Waals surface area contributed by atoms with E-state index < -0.39 is 6.10 Å². The van der Waals surface area contributed by atoms with Gasteiger partial charge < -0.3 is 15.2 Å². The van der Waals surface area contributed by atoms with Crippen molar-refractivity contribution in [1.29, 1.82) is 0 Å². The summed E-state index contributed by atoms with van der Waals surface area (Å²) in [6.07, 6.45) is 4.03. The van der Waals surface area contributed by atoms with Gasteiger partial charge in [0.2, 0.25) is 0 Å². The van der Waals surface area contributed by atoms with Crippen LogP contribution in [0.4, 0.5) is 0 Å². The summed E-state index contributed by atoms with van der Waals surface area (Å²) in [4.78, 5) is 0. The van der Waals surface area contributed by atoms with Gasteiger partial charge in [-0.25, -0.2) is 0 Å². The quantitative estimate of drug-likeness (QED) is 0.897. The molecule has 0 saturated heterocycles. The van der Waals surface area contributed by atoms with Crippen LogP contribution in [0.3, 0.4) is 0 Å². The van der Waals surface area contributed by atoms with E-state index in [1.807, 2.05) is 7.05 Å². The van der Waals surface area contributed by atoms with Crippen molar-refractivity contribution in [3.8, 4) is 5.75 Å². The van der Waals surface area contributed by atoms with E-state index in [1.165, 1.54) is 24.0 Å². The standard InChI is InChI=1S/C14H20BrNO2/c1-16-8-12(17)13-10-6-4-3-5-9(10)7-11(15)14(13)18-2/h7,12,16-17H,3-6,8H2,1-2H3. The molecule has 0 heterocycles. The molecule has 18 heavy (non-hydrogen) atoms. The first-order chi connectivity index (χ1) is 8.69. The lowest BCUT2D eigenvalue weighted by Crippen LogP contribution is -2.20. The van der Waals surface area contributed by atoms with Gasteiger partial charge in [-0.05, 0) is 65.9 Å². The number of rotatable bonds is 4. The molecule has 0 radical (unpaired) electrons. The number of hydrogen-bond donors (Lipinski definition) is 2. The summed E-state index contributed by atoms with van der Waals surface area (Å²) < 4.78 is 6.42. The van der Waals surface area contributed by atoms with Crippen LogP contribution in [0.5, 0.6) is 5.75 Å². The Morgan fingerprint density at radius 3 is 2.83 bits per heavy atom. The van der Waals surface area contributed by atoms with E-state index in [1.54, 1.807) is 7.11 Å². The molecule has 2 N–H and O–H groups in total. The maximum atomic E-state index is 10.3. The number of benzene rings is 1. The van der Waals surface area contributed by atoms with Gasteiger partial charge in [0.1, 0.15) is 5.75 Å². The van der Waals surface area contributed by atoms with Crippen LogP contribution >= 0.6 is 15.9 Å². The normalized spacial score (nSPS) is 16.2. The summed E-state index contributed by atoms with van der Waals surface area (Å²) in [5, 5.41) is 13.4. The molecule has 1 aliphatic carbocycles. The van der Waals surface area contributed by atoms with Crippen LogP contribution in [0.2, 0.25) is 0 Å². The van der Waals surface area contributed by atoms with Crippen LogP contribution < -0.4 is 10.1 Å². The minimum absolute atomic E-state index is 0.519. The molecule has 0 bridgehead atoms. The predicted octanol–water partition coefficient (Wildman–Crippen LogP) is 2.59. The van der Waals surface area contributed by atoms with Gasteiger partial charge in [0.05, 0.1) is 17.7 Å². The van der Waals surface area contributed by atoms with Crippen LogP contribution in [0.15, 0.2) is 10.5 Å². The number of likely N-dealkylation sites (N-methyl/N-ethyl adjacent to an activating group) is 1. The van der Waals surface area contributed by atoms with Gasteiger partial charge in [0.25, 0.3) is 0 Å². The first-order valence-corrected chi connectivity index (χ1v) is 7.19. The van der Waals surface area contributed by atoms with Crippen LogP contribution in [0, 0.1) is 0 Å². The number of aliphatic hydroxyl groups excluding tert-OH is 1. The van der Waals surface area contributed by atoms with Gasteiger partial charge in [-0.2, -0.15) is 0 Å². The Bertz CT molecular complexity index is 434. The minimum atomic E-state index is -0.519. The van der Waals surface area contributed by atoms with E-state index in [9.17, 15) is 5.11 Å². The molecular weight excluding hydrogens is 294 g/mol. The Hall–Kier alpha value is -0.580. The molecule has 0 fully saturated rings. The van der Waals surface area contributed by atoms with Gasteiger partial charge >= 0.3 is 0 Å². The first-order valence-electron chi connectivity index (χ1n) is 6.39. The molecule has 4 heteroatoms. The van der Waals surface area contributed by atoms with Crippen molar-refractivity contribution in [3.05, 3.63) is 27.2 Å². The third kappa shape index (κ3) is 2.56. The smallest absolute Gasteiger partial charge is 0.139 e. The van der Waals surface area contributed by atoms with Crippen molar-refractivity contribution in [3.63, 3.8) is 0 Å². The van der Waals surface area contributed by atoms with Gasteiger partial charge in [0, 0.05) is 12.1 Å². The van der Waals surface area contributed by atoms with Crippen molar-refractivity contribution in [2.75, 3.05) is 20.7 Å². The number of methoxy groups -OCH3 is 1. The van der Waals surface area contributed by atoms with Crippen molar-refractivity contribution >= 4 is 15.9 Å². The van der Waals surface area contributed by atoms with Crippen molar-refractivity contribution in [2.45, 2.75) is 31.8 Å². The van der Waals surface area contributed by atoms with Crippen LogP contribution in [0.25, 0.3) is 0 Å². The highest BCUT2D eigenvalue weighted by molar-refractivity contribution is 9.10. The zero-order chi connectivity index (χ0) is 13.1. The molecule has 1 aromatic rings. The zero-order valence-electron chi connectivity index (χ0n) is 10.9. The Morgan fingerprint density at radius 1 is 1.44 bits per heavy atom. The molecule has 0 saturated carbocycles. The Morgan fingerprint density at radius 2 is 2.17 bits per heavy atom. The topological polar surface area (TPSA) is 41.5 Å².